The van der Waals surface area contributed by atoms with Gasteiger partial charge in [-0.15, -0.1) is 0 Å². The molecule has 1 aliphatic carbocycles. The van der Waals surface area contributed by atoms with Crippen LogP contribution >= 0.6 is 0 Å². The van der Waals surface area contributed by atoms with E-state index in [0.29, 0.717) is 6.42 Å². The van der Waals surface area contributed by atoms with Crippen LogP contribution in [-0.4, -0.2) is 17.2 Å². The van der Waals surface area contributed by atoms with Crippen LogP contribution in [0.25, 0.3) is 10.8 Å². The SMILES string of the molecule is O=C(Nc1ccc2ccccc2c1)Nc1cccc2c1CC(O)CC2. The molecule has 3 aromatic carbocycles. The highest BCUT2D eigenvalue weighted by Crippen LogP contribution is 2.28. The van der Waals surface area contributed by atoms with Crippen LogP contribution in [-0.2, 0) is 12.8 Å². The van der Waals surface area contributed by atoms with Crippen molar-refractivity contribution in [1.29, 1.82) is 0 Å². The molecular formula is C21H20N2O2. The fraction of sp³-hybridized carbons (Fsp3) is 0.190. The number of rotatable bonds is 2. The van der Waals surface area contributed by atoms with Crippen LogP contribution in [0.15, 0.2) is 60.7 Å². The monoisotopic (exact) mass is 332 g/mol. The van der Waals surface area contributed by atoms with Crippen molar-refractivity contribution in [1.82, 2.24) is 0 Å². The number of aliphatic hydroxyl groups excluding tert-OH is 1. The van der Waals surface area contributed by atoms with Crippen molar-refractivity contribution in [2.75, 3.05) is 10.6 Å². The summed E-state index contributed by atoms with van der Waals surface area (Å²) in [7, 11) is 0. The number of carbonyl (C=O) groups is 1. The molecule has 3 aromatic rings. The predicted molar refractivity (Wildman–Crippen MR) is 101 cm³/mol. The molecule has 3 N–H and O–H groups in total. The zero-order valence-corrected chi connectivity index (χ0v) is 13.8. The highest BCUT2D eigenvalue weighted by atomic mass is 16.3. The van der Waals surface area contributed by atoms with Crippen LogP contribution in [0, 0.1) is 0 Å². The first-order chi connectivity index (χ1) is 12.2. The molecule has 4 rings (SSSR count). The molecule has 0 fully saturated rings. The Morgan fingerprint density at radius 2 is 1.80 bits per heavy atom. The van der Waals surface area contributed by atoms with E-state index in [2.05, 4.69) is 16.7 Å². The molecule has 0 aliphatic heterocycles. The minimum Gasteiger partial charge on any atom is -0.393 e. The first-order valence-electron chi connectivity index (χ1n) is 8.55. The van der Waals surface area contributed by atoms with Crippen molar-refractivity contribution >= 4 is 28.2 Å². The number of hydrogen-bond donors (Lipinski definition) is 3. The Morgan fingerprint density at radius 1 is 0.960 bits per heavy atom. The highest BCUT2D eigenvalue weighted by Gasteiger charge is 2.19. The molecule has 0 heterocycles. The topological polar surface area (TPSA) is 61.4 Å². The second kappa shape index (κ2) is 6.57. The van der Waals surface area contributed by atoms with E-state index < -0.39 is 0 Å². The lowest BCUT2D eigenvalue weighted by Gasteiger charge is -2.23. The zero-order chi connectivity index (χ0) is 17.2. The fourth-order valence-electron chi connectivity index (χ4n) is 3.44. The molecular weight excluding hydrogens is 312 g/mol. The van der Waals surface area contributed by atoms with E-state index in [1.54, 1.807) is 0 Å². The van der Waals surface area contributed by atoms with Crippen molar-refractivity contribution in [3.05, 3.63) is 71.8 Å². The number of aryl methyl sites for hydroxylation is 1. The molecule has 1 aliphatic rings. The van der Waals surface area contributed by atoms with Gasteiger partial charge in [0.15, 0.2) is 0 Å². The Bertz CT molecular complexity index is 936. The van der Waals surface area contributed by atoms with Gasteiger partial charge in [-0.05, 0) is 52.9 Å². The molecule has 1 atom stereocenters. The first-order valence-corrected chi connectivity index (χ1v) is 8.55. The predicted octanol–water partition coefficient (Wildman–Crippen LogP) is 4.33. The smallest absolute Gasteiger partial charge is 0.323 e. The van der Waals surface area contributed by atoms with Gasteiger partial charge in [0.05, 0.1) is 6.10 Å². The third-order valence-corrected chi connectivity index (χ3v) is 4.72. The lowest BCUT2D eigenvalue weighted by Crippen LogP contribution is -2.24. The lowest BCUT2D eigenvalue weighted by molar-refractivity contribution is 0.159. The molecule has 0 bridgehead atoms. The summed E-state index contributed by atoms with van der Waals surface area (Å²) in [6.07, 6.45) is 1.87. The largest absolute Gasteiger partial charge is 0.393 e. The van der Waals surface area contributed by atoms with Gasteiger partial charge in [0, 0.05) is 17.8 Å². The minimum atomic E-state index is -0.334. The molecule has 2 amide bonds. The summed E-state index contributed by atoms with van der Waals surface area (Å²) in [6.45, 7) is 0. The van der Waals surface area contributed by atoms with Crippen LogP contribution in [0.1, 0.15) is 17.5 Å². The highest BCUT2D eigenvalue weighted by molar-refractivity contribution is 6.01. The van der Waals surface area contributed by atoms with Crippen LogP contribution in [0.3, 0.4) is 0 Å². The van der Waals surface area contributed by atoms with E-state index in [1.807, 2.05) is 54.6 Å². The summed E-state index contributed by atoms with van der Waals surface area (Å²) in [4.78, 5) is 12.4. The standard InChI is InChI=1S/C21H20N2O2/c24-18-11-9-15-6-3-7-20(19(15)13-18)23-21(25)22-17-10-8-14-4-1-2-5-16(14)12-17/h1-8,10,12,18,24H,9,11,13H2,(H2,22,23,25). The molecule has 25 heavy (non-hydrogen) atoms. The molecule has 0 aromatic heterocycles. The summed E-state index contributed by atoms with van der Waals surface area (Å²) in [5.74, 6) is 0. The maximum atomic E-state index is 12.4. The average Bonchev–Trinajstić information content (AvgIpc) is 2.62. The molecule has 0 radical (unpaired) electrons. The van der Waals surface area contributed by atoms with Gasteiger partial charge in [-0.25, -0.2) is 4.79 Å². The number of carbonyl (C=O) groups excluding carboxylic acids is 1. The van der Waals surface area contributed by atoms with E-state index in [4.69, 9.17) is 0 Å². The number of hydrogen-bond acceptors (Lipinski definition) is 2. The summed E-state index contributed by atoms with van der Waals surface area (Å²) in [5, 5.41) is 18.0. The van der Waals surface area contributed by atoms with Gasteiger partial charge in [-0.1, -0.05) is 42.5 Å². The summed E-state index contributed by atoms with van der Waals surface area (Å²) >= 11 is 0. The van der Waals surface area contributed by atoms with E-state index in [0.717, 1.165) is 40.6 Å². The number of benzene rings is 3. The Morgan fingerprint density at radius 3 is 2.68 bits per heavy atom. The maximum Gasteiger partial charge on any atom is 0.323 e. The summed E-state index contributed by atoms with van der Waals surface area (Å²) in [6, 6.07) is 19.5. The van der Waals surface area contributed by atoms with E-state index in [1.165, 1.54) is 5.56 Å². The molecule has 126 valence electrons. The number of urea groups is 1. The maximum absolute atomic E-state index is 12.4. The Labute approximate surface area is 146 Å². The third kappa shape index (κ3) is 3.35. The Balaban J connectivity index is 1.52. The van der Waals surface area contributed by atoms with Gasteiger partial charge in [0.1, 0.15) is 0 Å². The van der Waals surface area contributed by atoms with Crippen molar-refractivity contribution in [2.24, 2.45) is 0 Å². The molecule has 1 unspecified atom stereocenters. The normalized spacial score (nSPS) is 16.3. The van der Waals surface area contributed by atoms with Crippen molar-refractivity contribution < 1.29 is 9.90 Å². The lowest BCUT2D eigenvalue weighted by atomic mass is 9.88. The Kier molecular flexibility index (Phi) is 4.12. The van der Waals surface area contributed by atoms with Crippen molar-refractivity contribution in [3.8, 4) is 0 Å². The quantitative estimate of drug-likeness (QED) is 0.654. The number of fused-ring (bicyclic) bond motifs is 2. The van der Waals surface area contributed by atoms with Crippen LogP contribution in [0.5, 0.6) is 0 Å². The first kappa shape index (κ1) is 15.7. The van der Waals surface area contributed by atoms with Gasteiger partial charge in [-0.2, -0.15) is 0 Å². The summed E-state index contributed by atoms with van der Waals surface area (Å²) in [5.41, 5.74) is 3.76. The van der Waals surface area contributed by atoms with E-state index in [-0.39, 0.29) is 12.1 Å². The number of amides is 2. The Hall–Kier alpha value is -2.85. The van der Waals surface area contributed by atoms with Gasteiger partial charge in [-0.3, -0.25) is 0 Å². The van der Waals surface area contributed by atoms with Crippen LogP contribution in [0.2, 0.25) is 0 Å². The van der Waals surface area contributed by atoms with Gasteiger partial charge >= 0.3 is 6.03 Å². The number of aliphatic hydroxyl groups is 1. The van der Waals surface area contributed by atoms with Crippen LogP contribution in [0.4, 0.5) is 16.2 Å². The van der Waals surface area contributed by atoms with Gasteiger partial charge in [0.25, 0.3) is 0 Å². The fourth-order valence-corrected chi connectivity index (χ4v) is 3.44. The second-order valence-corrected chi connectivity index (χ2v) is 6.48. The number of anilines is 2. The average molecular weight is 332 g/mol. The van der Waals surface area contributed by atoms with Gasteiger partial charge < -0.3 is 15.7 Å². The van der Waals surface area contributed by atoms with Crippen molar-refractivity contribution in [3.63, 3.8) is 0 Å². The molecule has 0 saturated carbocycles. The van der Waals surface area contributed by atoms with Gasteiger partial charge in [0.2, 0.25) is 0 Å². The summed E-state index contributed by atoms with van der Waals surface area (Å²) < 4.78 is 0. The molecule has 4 nitrogen and oxygen atoms in total. The number of nitrogens with one attached hydrogen (secondary N) is 2. The van der Waals surface area contributed by atoms with Crippen molar-refractivity contribution in [2.45, 2.75) is 25.4 Å². The molecule has 0 saturated heterocycles. The second-order valence-electron chi connectivity index (χ2n) is 6.48. The molecule has 4 heteroatoms. The zero-order valence-electron chi connectivity index (χ0n) is 13.8. The van der Waals surface area contributed by atoms with Crippen LogP contribution < -0.4 is 10.6 Å². The van der Waals surface area contributed by atoms with E-state index >= 15 is 0 Å². The third-order valence-electron chi connectivity index (χ3n) is 4.72. The minimum absolute atomic E-state index is 0.274. The van der Waals surface area contributed by atoms with E-state index in [9.17, 15) is 9.90 Å². The molecule has 0 spiro atoms.